The SMILES string of the molecule is CC1(C)CSCC(Nc2ccc(OC(F)F)c(Cl)c2)C1. The van der Waals surface area contributed by atoms with Crippen LogP contribution in [0.3, 0.4) is 0 Å². The standard InChI is InChI=1S/C14H18ClF2NOS/c1-14(2)6-10(7-20-8-14)18-9-3-4-12(11(15)5-9)19-13(16)17/h3-5,10,13,18H,6-8H2,1-2H3. The Bertz CT molecular complexity index is 470. The van der Waals surface area contributed by atoms with Crippen LogP contribution in [0.25, 0.3) is 0 Å². The molecule has 1 fully saturated rings. The Balaban J connectivity index is 2.01. The zero-order valence-corrected chi connectivity index (χ0v) is 13.0. The van der Waals surface area contributed by atoms with Crippen molar-refractivity contribution in [3.05, 3.63) is 23.2 Å². The summed E-state index contributed by atoms with van der Waals surface area (Å²) in [7, 11) is 0. The number of halogens is 3. The molecule has 112 valence electrons. The average Bonchev–Trinajstić information content (AvgIpc) is 2.31. The molecular weight excluding hydrogens is 304 g/mol. The normalized spacial score (nSPS) is 21.8. The van der Waals surface area contributed by atoms with Crippen LogP contribution in [-0.2, 0) is 0 Å². The van der Waals surface area contributed by atoms with Crippen LogP contribution in [0.1, 0.15) is 20.3 Å². The fourth-order valence-electron chi connectivity index (χ4n) is 2.37. The molecule has 1 N–H and O–H groups in total. The largest absolute Gasteiger partial charge is 0.433 e. The number of hydrogen-bond donors (Lipinski definition) is 1. The highest BCUT2D eigenvalue weighted by Crippen LogP contribution is 2.35. The number of rotatable bonds is 4. The Morgan fingerprint density at radius 1 is 1.45 bits per heavy atom. The van der Waals surface area contributed by atoms with E-state index in [0.29, 0.717) is 11.5 Å². The molecule has 1 aromatic rings. The topological polar surface area (TPSA) is 21.3 Å². The first-order chi connectivity index (χ1) is 9.35. The van der Waals surface area contributed by atoms with Crippen molar-refractivity contribution >= 4 is 29.1 Å². The highest BCUT2D eigenvalue weighted by molar-refractivity contribution is 7.99. The lowest BCUT2D eigenvalue weighted by Crippen LogP contribution is -2.35. The van der Waals surface area contributed by atoms with E-state index in [1.165, 1.54) is 6.07 Å². The van der Waals surface area contributed by atoms with Gasteiger partial charge in [-0.2, -0.15) is 20.5 Å². The Labute approximate surface area is 127 Å². The Morgan fingerprint density at radius 2 is 2.20 bits per heavy atom. The molecule has 1 saturated heterocycles. The third-order valence-corrected chi connectivity index (χ3v) is 5.05. The molecule has 1 aliphatic heterocycles. The predicted molar refractivity (Wildman–Crippen MR) is 81.2 cm³/mol. The maximum absolute atomic E-state index is 12.2. The number of ether oxygens (including phenoxy) is 1. The molecule has 0 aromatic heterocycles. The van der Waals surface area contributed by atoms with Gasteiger partial charge in [0.25, 0.3) is 0 Å². The summed E-state index contributed by atoms with van der Waals surface area (Å²) in [6.07, 6.45) is 1.08. The summed E-state index contributed by atoms with van der Waals surface area (Å²) in [6.45, 7) is 1.64. The summed E-state index contributed by atoms with van der Waals surface area (Å²) in [4.78, 5) is 0. The van der Waals surface area contributed by atoms with Gasteiger partial charge in [0.2, 0.25) is 0 Å². The number of anilines is 1. The van der Waals surface area contributed by atoms with Crippen LogP contribution in [0.4, 0.5) is 14.5 Å². The van der Waals surface area contributed by atoms with Crippen molar-refractivity contribution < 1.29 is 13.5 Å². The van der Waals surface area contributed by atoms with Gasteiger partial charge in [0, 0.05) is 17.5 Å². The van der Waals surface area contributed by atoms with Gasteiger partial charge < -0.3 is 10.1 Å². The molecule has 0 radical (unpaired) electrons. The van der Waals surface area contributed by atoms with E-state index in [9.17, 15) is 8.78 Å². The molecule has 1 atom stereocenters. The van der Waals surface area contributed by atoms with E-state index in [1.807, 2.05) is 11.8 Å². The minimum Gasteiger partial charge on any atom is -0.433 e. The molecule has 1 heterocycles. The van der Waals surface area contributed by atoms with Gasteiger partial charge in [0.15, 0.2) is 0 Å². The first-order valence-corrected chi connectivity index (χ1v) is 7.98. The minimum atomic E-state index is -2.86. The molecule has 6 heteroatoms. The van der Waals surface area contributed by atoms with Crippen molar-refractivity contribution in [2.45, 2.75) is 32.9 Å². The van der Waals surface area contributed by atoms with Crippen LogP contribution >= 0.6 is 23.4 Å². The highest BCUT2D eigenvalue weighted by Gasteiger charge is 2.28. The number of thioether (sulfide) groups is 1. The lowest BCUT2D eigenvalue weighted by atomic mass is 9.88. The van der Waals surface area contributed by atoms with E-state index in [4.69, 9.17) is 11.6 Å². The molecule has 1 aromatic carbocycles. The molecule has 0 saturated carbocycles. The molecule has 0 aliphatic carbocycles. The first-order valence-electron chi connectivity index (χ1n) is 6.44. The Morgan fingerprint density at radius 3 is 2.80 bits per heavy atom. The minimum absolute atomic E-state index is 0.00515. The maximum Gasteiger partial charge on any atom is 0.387 e. The third kappa shape index (κ3) is 4.42. The van der Waals surface area contributed by atoms with Gasteiger partial charge in [0.05, 0.1) is 5.02 Å². The van der Waals surface area contributed by atoms with Crippen molar-refractivity contribution in [3.63, 3.8) is 0 Å². The second-order valence-electron chi connectivity index (χ2n) is 5.75. The zero-order chi connectivity index (χ0) is 14.8. The second-order valence-corrected chi connectivity index (χ2v) is 7.19. The summed E-state index contributed by atoms with van der Waals surface area (Å²) in [6, 6.07) is 5.18. The van der Waals surface area contributed by atoms with Crippen molar-refractivity contribution in [1.29, 1.82) is 0 Å². The smallest absolute Gasteiger partial charge is 0.387 e. The van der Waals surface area contributed by atoms with Gasteiger partial charge in [-0.05, 0) is 35.8 Å². The monoisotopic (exact) mass is 321 g/mol. The number of nitrogens with one attached hydrogen (secondary N) is 1. The van der Waals surface area contributed by atoms with E-state index in [2.05, 4.69) is 23.9 Å². The van der Waals surface area contributed by atoms with Crippen LogP contribution in [-0.4, -0.2) is 24.2 Å². The highest BCUT2D eigenvalue weighted by atomic mass is 35.5. The molecule has 20 heavy (non-hydrogen) atoms. The summed E-state index contributed by atoms with van der Waals surface area (Å²) in [5, 5.41) is 3.60. The van der Waals surface area contributed by atoms with Crippen LogP contribution in [0.2, 0.25) is 5.02 Å². The third-order valence-electron chi connectivity index (χ3n) is 3.13. The molecule has 0 spiro atoms. The van der Waals surface area contributed by atoms with Crippen molar-refractivity contribution in [2.75, 3.05) is 16.8 Å². The summed E-state index contributed by atoms with van der Waals surface area (Å²) >= 11 is 7.87. The van der Waals surface area contributed by atoms with E-state index >= 15 is 0 Å². The number of alkyl halides is 2. The van der Waals surface area contributed by atoms with Crippen LogP contribution in [0, 0.1) is 5.41 Å². The van der Waals surface area contributed by atoms with Crippen molar-refractivity contribution in [1.82, 2.24) is 0 Å². The van der Waals surface area contributed by atoms with Crippen LogP contribution < -0.4 is 10.1 Å². The summed E-state index contributed by atoms with van der Waals surface area (Å²) < 4.78 is 28.6. The lowest BCUT2D eigenvalue weighted by Gasteiger charge is -2.35. The van der Waals surface area contributed by atoms with Gasteiger partial charge in [-0.15, -0.1) is 0 Å². The predicted octanol–water partition coefficient (Wildman–Crippen LogP) is 4.89. The van der Waals surface area contributed by atoms with Gasteiger partial charge in [-0.25, -0.2) is 0 Å². The molecule has 2 nitrogen and oxygen atoms in total. The zero-order valence-electron chi connectivity index (χ0n) is 11.5. The first kappa shape index (κ1) is 15.7. The van der Waals surface area contributed by atoms with E-state index in [1.54, 1.807) is 12.1 Å². The Kier molecular flexibility index (Phi) is 5.02. The van der Waals surface area contributed by atoms with Crippen LogP contribution in [0.15, 0.2) is 18.2 Å². The molecular formula is C14H18ClF2NOS. The number of hydrogen-bond acceptors (Lipinski definition) is 3. The average molecular weight is 322 g/mol. The molecule has 1 aliphatic rings. The molecule has 1 unspecified atom stereocenters. The van der Waals surface area contributed by atoms with Gasteiger partial charge in [-0.1, -0.05) is 25.4 Å². The van der Waals surface area contributed by atoms with Gasteiger partial charge in [0.1, 0.15) is 5.75 Å². The second kappa shape index (κ2) is 6.39. The maximum atomic E-state index is 12.2. The molecule has 0 amide bonds. The van der Waals surface area contributed by atoms with Gasteiger partial charge in [-0.3, -0.25) is 0 Å². The van der Waals surface area contributed by atoms with Crippen molar-refractivity contribution in [3.8, 4) is 5.75 Å². The lowest BCUT2D eigenvalue weighted by molar-refractivity contribution is -0.0497. The van der Waals surface area contributed by atoms with E-state index in [-0.39, 0.29) is 10.8 Å². The van der Waals surface area contributed by atoms with Crippen molar-refractivity contribution in [2.24, 2.45) is 5.41 Å². The summed E-state index contributed by atoms with van der Waals surface area (Å²) in [5.41, 5.74) is 1.14. The van der Waals surface area contributed by atoms with Gasteiger partial charge >= 0.3 is 6.61 Å². The fourth-order valence-corrected chi connectivity index (χ4v) is 3.87. The van der Waals surface area contributed by atoms with E-state index < -0.39 is 6.61 Å². The fraction of sp³-hybridized carbons (Fsp3) is 0.571. The quantitative estimate of drug-likeness (QED) is 0.853. The molecule has 0 bridgehead atoms. The summed E-state index contributed by atoms with van der Waals surface area (Å²) in [5.74, 6) is 2.20. The molecule has 2 rings (SSSR count). The Hall–Kier alpha value is -0.680. The van der Waals surface area contributed by atoms with E-state index in [0.717, 1.165) is 23.6 Å². The number of benzene rings is 1. The van der Waals surface area contributed by atoms with Crippen LogP contribution in [0.5, 0.6) is 5.75 Å².